The molecule has 4 aliphatic rings. The van der Waals surface area contributed by atoms with Crippen LogP contribution < -0.4 is 5.56 Å². The van der Waals surface area contributed by atoms with Crippen molar-refractivity contribution < 1.29 is 15.3 Å². The van der Waals surface area contributed by atoms with E-state index in [2.05, 4.69) is 25.8 Å². The predicted molar refractivity (Wildman–Crippen MR) is 149 cm³/mol. The molecule has 6 nitrogen and oxygen atoms in total. The Labute approximate surface area is 226 Å². The molecule has 4 saturated carbocycles. The zero-order valence-electron chi connectivity index (χ0n) is 23.5. The average Bonchev–Trinajstić information content (AvgIpc) is 3.23. The van der Waals surface area contributed by atoms with E-state index in [-0.39, 0.29) is 40.6 Å². The van der Waals surface area contributed by atoms with Gasteiger partial charge in [-0.15, -0.1) is 0 Å². The van der Waals surface area contributed by atoms with Crippen LogP contribution in [0.4, 0.5) is 0 Å². The van der Waals surface area contributed by atoms with Crippen LogP contribution in [-0.4, -0.2) is 43.6 Å². The molecule has 208 valence electrons. The standard InChI is InChI=1S/C32H46N2O4/c1-17-5-9-25-21(13-17)30(38)34-28(33-25)10-6-18(2)22-7-8-23-29-24(16-27(37)32(22,23)4)31(3)12-11-20(35)14-19(31)15-26(29)36/h5,9,13,18-20,22-24,26-27,29,35-37H,6-8,10-12,14-16H2,1-4H3,(H,33,34,38)/t18-,19+,20-,22-,23+,24?,26-,27+,29+,31+,32-/m1/s1. The zero-order valence-corrected chi connectivity index (χ0v) is 23.5. The normalized spacial score (nSPS) is 43.3. The molecule has 4 fully saturated rings. The van der Waals surface area contributed by atoms with Gasteiger partial charge in [0.25, 0.3) is 5.56 Å². The molecule has 0 amide bonds. The Kier molecular flexibility index (Phi) is 6.56. The molecule has 0 aliphatic heterocycles. The quantitative estimate of drug-likeness (QED) is 0.463. The number of hydrogen-bond donors (Lipinski definition) is 4. The minimum absolute atomic E-state index is 0.0729. The number of H-pyrrole nitrogens is 1. The van der Waals surface area contributed by atoms with Crippen molar-refractivity contribution in [2.24, 2.45) is 46.3 Å². The van der Waals surface area contributed by atoms with Crippen molar-refractivity contribution in [1.29, 1.82) is 0 Å². The second-order valence-corrected chi connectivity index (χ2v) is 14.1. The largest absolute Gasteiger partial charge is 0.393 e. The van der Waals surface area contributed by atoms with Gasteiger partial charge in [0.05, 0.1) is 29.2 Å². The van der Waals surface area contributed by atoms with Crippen molar-refractivity contribution in [3.8, 4) is 0 Å². The van der Waals surface area contributed by atoms with Gasteiger partial charge < -0.3 is 20.3 Å². The number of rotatable bonds is 4. The number of aliphatic hydroxyl groups is 3. The molecule has 1 aromatic carbocycles. The predicted octanol–water partition coefficient (Wildman–Crippen LogP) is 4.76. The number of hydrogen-bond acceptors (Lipinski definition) is 5. The number of fused-ring (bicyclic) bond motifs is 6. The molecule has 0 bridgehead atoms. The molecule has 1 unspecified atom stereocenters. The van der Waals surface area contributed by atoms with Crippen molar-refractivity contribution in [1.82, 2.24) is 9.97 Å². The number of benzene rings is 1. The lowest BCUT2D eigenvalue weighted by Crippen LogP contribution is -2.62. The van der Waals surface area contributed by atoms with Gasteiger partial charge in [-0.2, -0.15) is 0 Å². The molecule has 4 aliphatic carbocycles. The first-order valence-corrected chi connectivity index (χ1v) is 15.1. The Morgan fingerprint density at radius 1 is 1.08 bits per heavy atom. The lowest BCUT2D eigenvalue weighted by molar-refractivity contribution is -0.207. The molecule has 11 atom stereocenters. The number of aromatic amines is 1. The SMILES string of the molecule is Cc1ccc2nc(CC[C@@H](C)[C@H]3CC[C@H]4[C@H]5C(C[C@H](O)[C@]34C)[C@@]3(C)CC[C@@H](O)C[C@H]3C[C@H]5O)[nH]c(=O)c2c1. The smallest absolute Gasteiger partial charge is 0.258 e. The van der Waals surface area contributed by atoms with E-state index in [1.54, 1.807) is 0 Å². The second kappa shape index (κ2) is 9.42. The van der Waals surface area contributed by atoms with Crippen LogP contribution in [0.5, 0.6) is 0 Å². The van der Waals surface area contributed by atoms with E-state index in [9.17, 15) is 20.1 Å². The Hall–Kier alpha value is -1.76. The summed E-state index contributed by atoms with van der Waals surface area (Å²) in [5, 5.41) is 34.3. The van der Waals surface area contributed by atoms with E-state index >= 15 is 0 Å². The highest BCUT2D eigenvalue weighted by Gasteiger charge is 2.65. The van der Waals surface area contributed by atoms with Crippen LogP contribution in [0.1, 0.15) is 83.5 Å². The molecule has 1 aromatic heterocycles. The number of aliphatic hydroxyl groups excluding tert-OH is 3. The van der Waals surface area contributed by atoms with E-state index in [0.717, 1.165) is 68.3 Å². The number of nitrogens with one attached hydrogen (secondary N) is 1. The maximum Gasteiger partial charge on any atom is 0.258 e. The fraction of sp³-hybridized carbons (Fsp3) is 0.750. The summed E-state index contributed by atoms with van der Waals surface area (Å²) < 4.78 is 0. The number of aromatic nitrogens is 2. The van der Waals surface area contributed by atoms with Crippen LogP contribution >= 0.6 is 0 Å². The van der Waals surface area contributed by atoms with Crippen LogP contribution in [0.2, 0.25) is 0 Å². The van der Waals surface area contributed by atoms with Gasteiger partial charge in [0.2, 0.25) is 0 Å². The van der Waals surface area contributed by atoms with Crippen LogP contribution in [0.15, 0.2) is 23.0 Å². The number of aryl methyl sites for hydroxylation is 2. The van der Waals surface area contributed by atoms with Gasteiger partial charge in [-0.1, -0.05) is 32.4 Å². The van der Waals surface area contributed by atoms with Crippen LogP contribution in [0, 0.1) is 53.3 Å². The number of nitrogens with zero attached hydrogens (tertiary/aromatic N) is 1. The first-order chi connectivity index (χ1) is 18.0. The third kappa shape index (κ3) is 4.00. The van der Waals surface area contributed by atoms with Crippen molar-refractivity contribution in [2.45, 2.75) is 104 Å². The molecule has 6 heteroatoms. The molecule has 1 heterocycles. The maximum absolute atomic E-state index is 12.7. The fourth-order valence-electron chi connectivity index (χ4n) is 10.1. The molecule has 2 aromatic rings. The van der Waals surface area contributed by atoms with Gasteiger partial charge in [-0.3, -0.25) is 4.79 Å². The van der Waals surface area contributed by atoms with E-state index < -0.39 is 0 Å². The zero-order chi connectivity index (χ0) is 27.0. The van der Waals surface area contributed by atoms with Gasteiger partial charge in [-0.25, -0.2) is 4.98 Å². The summed E-state index contributed by atoms with van der Waals surface area (Å²) in [5.74, 6) is 2.72. The Morgan fingerprint density at radius 2 is 1.87 bits per heavy atom. The summed E-state index contributed by atoms with van der Waals surface area (Å²) in [6, 6.07) is 5.82. The van der Waals surface area contributed by atoms with Gasteiger partial charge in [0, 0.05) is 6.42 Å². The summed E-state index contributed by atoms with van der Waals surface area (Å²) in [6.45, 7) is 8.97. The van der Waals surface area contributed by atoms with Crippen LogP contribution in [0.25, 0.3) is 10.9 Å². The second-order valence-electron chi connectivity index (χ2n) is 14.1. The first-order valence-electron chi connectivity index (χ1n) is 15.1. The molecular weight excluding hydrogens is 476 g/mol. The molecule has 38 heavy (non-hydrogen) atoms. The van der Waals surface area contributed by atoms with Crippen molar-refractivity contribution >= 4 is 10.9 Å². The summed E-state index contributed by atoms with van der Waals surface area (Å²) in [4.78, 5) is 20.4. The lowest BCUT2D eigenvalue weighted by Gasteiger charge is -2.63. The Bertz CT molecular complexity index is 1260. The monoisotopic (exact) mass is 522 g/mol. The average molecular weight is 523 g/mol. The van der Waals surface area contributed by atoms with E-state index in [0.29, 0.717) is 41.4 Å². The van der Waals surface area contributed by atoms with Crippen molar-refractivity contribution in [2.75, 3.05) is 0 Å². The third-order valence-electron chi connectivity index (χ3n) is 12.3. The maximum atomic E-state index is 12.7. The third-order valence-corrected chi connectivity index (χ3v) is 12.3. The molecule has 6 rings (SSSR count). The minimum atomic E-state index is -0.375. The van der Waals surface area contributed by atoms with Gasteiger partial charge >= 0.3 is 0 Å². The highest BCUT2D eigenvalue weighted by Crippen LogP contribution is 2.68. The molecule has 0 spiro atoms. The summed E-state index contributed by atoms with van der Waals surface area (Å²) >= 11 is 0. The Balaban J connectivity index is 1.21. The van der Waals surface area contributed by atoms with E-state index in [1.807, 2.05) is 25.1 Å². The summed E-state index contributed by atoms with van der Waals surface area (Å²) in [6.07, 6.45) is 6.99. The molecule has 0 saturated heterocycles. The summed E-state index contributed by atoms with van der Waals surface area (Å²) in [5.41, 5.74) is 1.62. The molecule has 4 N–H and O–H groups in total. The van der Waals surface area contributed by atoms with E-state index in [4.69, 9.17) is 4.98 Å². The van der Waals surface area contributed by atoms with Gasteiger partial charge in [0.15, 0.2) is 0 Å². The minimum Gasteiger partial charge on any atom is -0.393 e. The Morgan fingerprint density at radius 3 is 2.66 bits per heavy atom. The highest BCUT2D eigenvalue weighted by molar-refractivity contribution is 5.78. The van der Waals surface area contributed by atoms with Crippen LogP contribution in [-0.2, 0) is 6.42 Å². The first kappa shape index (κ1) is 26.5. The van der Waals surface area contributed by atoms with E-state index in [1.165, 1.54) is 0 Å². The summed E-state index contributed by atoms with van der Waals surface area (Å²) in [7, 11) is 0. The molecule has 0 radical (unpaired) electrons. The van der Waals surface area contributed by atoms with Gasteiger partial charge in [-0.05, 0) is 117 Å². The molecular formula is C32H46N2O4. The van der Waals surface area contributed by atoms with Gasteiger partial charge in [0.1, 0.15) is 5.82 Å². The lowest BCUT2D eigenvalue weighted by atomic mass is 9.43. The fourth-order valence-corrected chi connectivity index (χ4v) is 10.1. The van der Waals surface area contributed by atoms with Crippen LogP contribution in [0.3, 0.4) is 0 Å². The van der Waals surface area contributed by atoms with Crippen molar-refractivity contribution in [3.05, 3.63) is 39.9 Å². The van der Waals surface area contributed by atoms with Crippen molar-refractivity contribution in [3.63, 3.8) is 0 Å². The topological polar surface area (TPSA) is 106 Å². The highest BCUT2D eigenvalue weighted by atomic mass is 16.3.